The molecule has 2 N–H and O–H groups in total. The van der Waals surface area contributed by atoms with Crippen LogP contribution in [0, 0.1) is 24.7 Å². The number of nitrogens with zero attached hydrogens (tertiary/aromatic N) is 1. The SMILES string of the molecule is Cc1cccc(NC(=O)[C@@H]2[C@@H]3C=C[C@]4(O3)[C@@H]2C(=O)N(CCC2=CCCCC2)[C@H]4C(=O)N[C@H]2CCCC[C@H]2C)c1. The Labute approximate surface area is 231 Å². The van der Waals surface area contributed by atoms with Gasteiger partial charge in [0.1, 0.15) is 11.6 Å². The molecule has 7 nitrogen and oxygen atoms in total. The van der Waals surface area contributed by atoms with Gasteiger partial charge in [-0.25, -0.2) is 0 Å². The van der Waals surface area contributed by atoms with Crippen molar-refractivity contribution in [1.29, 1.82) is 0 Å². The fourth-order valence-corrected chi connectivity index (χ4v) is 7.64. The summed E-state index contributed by atoms with van der Waals surface area (Å²) in [5, 5.41) is 6.34. The predicted molar refractivity (Wildman–Crippen MR) is 150 cm³/mol. The molecular weight excluding hydrogens is 490 g/mol. The second-order valence-corrected chi connectivity index (χ2v) is 12.3. The van der Waals surface area contributed by atoms with Crippen LogP contribution in [0.5, 0.6) is 0 Å². The maximum atomic E-state index is 14.2. The Hall–Kier alpha value is -2.93. The molecule has 0 aromatic heterocycles. The summed E-state index contributed by atoms with van der Waals surface area (Å²) in [6.45, 7) is 4.64. The van der Waals surface area contributed by atoms with Crippen LogP contribution in [0.25, 0.3) is 0 Å². The Kier molecular flexibility index (Phi) is 7.13. The Morgan fingerprint density at radius 1 is 1.13 bits per heavy atom. The molecule has 2 saturated heterocycles. The molecule has 3 aliphatic heterocycles. The average Bonchev–Trinajstić information content (AvgIpc) is 3.56. The molecule has 1 aromatic carbocycles. The molecule has 39 heavy (non-hydrogen) atoms. The van der Waals surface area contributed by atoms with Gasteiger partial charge in [-0.3, -0.25) is 14.4 Å². The van der Waals surface area contributed by atoms with Gasteiger partial charge in [0.15, 0.2) is 0 Å². The topological polar surface area (TPSA) is 87.7 Å². The minimum absolute atomic E-state index is 0.0997. The largest absolute Gasteiger partial charge is 0.359 e. The molecule has 1 aromatic rings. The quantitative estimate of drug-likeness (QED) is 0.501. The van der Waals surface area contributed by atoms with Gasteiger partial charge in [-0.1, -0.05) is 55.7 Å². The van der Waals surface area contributed by atoms with Crippen LogP contribution in [0.4, 0.5) is 5.69 Å². The maximum Gasteiger partial charge on any atom is 0.246 e. The number of anilines is 1. The second kappa shape index (κ2) is 10.6. The second-order valence-electron chi connectivity index (χ2n) is 12.3. The molecule has 7 heteroatoms. The number of carbonyl (C=O) groups is 3. The van der Waals surface area contributed by atoms with Crippen LogP contribution in [-0.2, 0) is 19.1 Å². The minimum atomic E-state index is -1.11. The van der Waals surface area contributed by atoms with Crippen LogP contribution in [0.3, 0.4) is 0 Å². The van der Waals surface area contributed by atoms with Crippen LogP contribution in [0.15, 0.2) is 48.1 Å². The van der Waals surface area contributed by atoms with E-state index in [4.69, 9.17) is 4.74 Å². The Bertz CT molecular complexity index is 1210. The summed E-state index contributed by atoms with van der Waals surface area (Å²) in [6, 6.07) is 6.98. The molecule has 1 saturated carbocycles. The fraction of sp³-hybridized carbons (Fsp3) is 0.594. The van der Waals surface area contributed by atoms with E-state index in [0.29, 0.717) is 18.2 Å². The number of hydrogen-bond donors (Lipinski definition) is 2. The van der Waals surface area contributed by atoms with Crippen LogP contribution < -0.4 is 10.6 Å². The highest BCUT2D eigenvalue weighted by Crippen LogP contribution is 2.55. The predicted octanol–water partition coefficient (Wildman–Crippen LogP) is 4.67. The number of likely N-dealkylation sites (tertiary alicyclic amines) is 1. The monoisotopic (exact) mass is 531 g/mol. The summed E-state index contributed by atoms with van der Waals surface area (Å²) in [5.74, 6) is -1.50. The number of nitrogens with one attached hydrogen (secondary N) is 2. The zero-order chi connectivity index (χ0) is 27.1. The smallest absolute Gasteiger partial charge is 0.246 e. The molecule has 3 heterocycles. The highest BCUT2D eigenvalue weighted by Gasteiger charge is 2.72. The Balaban J connectivity index is 1.29. The molecule has 3 amide bonds. The lowest BCUT2D eigenvalue weighted by atomic mass is 9.74. The zero-order valence-corrected chi connectivity index (χ0v) is 23.2. The van der Waals surface area contributed by atoms with Gasteiger partial charge in [0.25, 0.3) is 0 Å². The van der Waals surface area contributed by atoms with Gasteiger partial charge in [-0.05, 0) is 75.5 Å². The lowest BCUT2D eigenvalue weighted by molar-refractivity contribution is -0.141. The van der Waals surface area contributed by atoms with Crippen molar-refractivity contribution < 1.29 is 19.1 Å². The molecule has 0 unspecified atom stereocenters. The summed E-state index contributed by atoms with van der Waals surface area (Å²) in [4.78, 5) is 43.6. The third-order valence-corrected chi connectivity index (χ3v) is 9.71. The summed E-state index contributed by atoms with van der Waals surface area (Å²) in [5.41, 5.74) is 1.99. The van der Waals surface area contributed by atoms with Crippen LogP contribution in [-0.4, -0.2) is 53.0 Å². The van der Waals surface area contributed by atoms with E-state index in [0.717, 1.165) is 44.1 Å². The van der Waals surface area contributed by atoms with Crippen molar-refractivity contribution in [2.24, 2.45) is 17.8 Å². The summed E-state index contributed by atoms with van der Waals surface area (Å²) < 4.78 is 6.51. The number of amides is 3. The Morgan fingerprint density at radius 3 is 2.74 bits per heavy atom. The van der Waals surface area contributed by atoms with Gasteiger partial charge in [0.05, 0.1) is 17.9 Å². The standard InChI is InChI=1S/C32H41N3O4/c1-20-9-8-13-23(19-20)33-29(36)26-25-15-17-32(39-25)27(26)31(38)35(18-16-22-11-4-3-5-12-22)28(32)30(37)34-24-14-7-6-10-21(24)2/h8-9,11,13,15,17,19,21,24-28H,3-7,10,12,14,16,18H2,1-2H3,(H,33,36)(H,34,37)/t21-,24+,25+,26-,27+,28+,32+/m1/s1. The lowest BCUT2D eigenvalue weighted by Gasteiger charge is -2.36. The first-order valence-electron chi connectivity index (χ1n) is 14.9. The highest BCUT2D eigenvalue weighted by atomic mass is 16.5. The van der Waals surface area contributed by atoms with Crippen molar-refractivity contribution in [3.05, 3.63) is 53.6 Å². The van der Waals surface area contributed by atoms with Gasteiger partial charge < -0.3 is 20.3 Å². The van der Waals surface area contributed by atoms with Gasteiger partial charge in [-0.2, -0.15) is 0 Å². The number of aryl methyl sites for hydroxylation is 1. The van der Waals surface area contributed by atoms with E-state index >= 15 is 0 Å². The third-order valence-electron chi connectivity index (χ3n) is 9.71. The molecule has 208 valence electrons. The number of rotatable bonds is 7. The Morgan fingerprint density at radius 2 is 1.97 bits per heavy atom. The number of fused-ring (bicyclic) bond motifs is 1. The highest BCUT2D eigenvalue weighted by molar-refractivity contribution is 6.02. The number of benzene rings is 1. The lowest BCUT2D eigenvalue weighted by Crippen LogP contribution is -2.57. The van der Waals surface area contributed by atoms with Gasteiger partial charge in [0, 0.05) is 18.3 Å². The van der Waals surface area contributed by atoms with E-state index in [-0.39, 0.29) is 23.8 Å². The molecule has 3 fully saturated rings. The van der Waals surface area contributed by atoms with Crippen LogP contribution in [0.1, 0.15) is 70.3 Å². The van der Waals surface area contributed by atoms with Gasteiger partial charge >= 0.3 is 0 Å². The number of hydrogen-bond acceptors (Lipinski definition) is 4. The van der Waals surface area contributed by atoms with E-state index in [1.807, 2.05) is 43.3 Å². The molecule has 0 radical (unpaired) electrons. The summed E-state index contributed by atoms with van der Waals surface area (Å²) in [7, 11) is 0. The minimum Gasteiger partial charge on any atom is -0.359 e. The summed E-state index contributed by atoms with van der Waals surface area (Å²) in [6.07, 6.45) is 15.2. The average molecular weight is 532 g/mol. The molecule has 2 aliphatic carbocycles. The van der Waals surface area contributed by atoms with Gasteiger partial charge in [0.2, 0.25) is 17.7 Å². The molecular formula is C32H41N3O4. The molecule has 1 spiro atoms. The van der Waals surface area contributed by atoms with Crippen molar-refractivity contribution in [3.8, 4) is 0 Å². The van der Waals surface area contributed by atoms with Crippen molar-refractivity contribution in [2.45, 2.75) is 95.4 Å². The first-order valence-corrected chi connectivity index (χ1v) is 14.9. The van der Waals surface area contributed by atoms with E-state index in [1.54, 1.807) is 4.90 Å². The van der Waals surface area contributed by atoms with Crippen molar-refractivity contribution in [1.82, 2.24) is 10.2 Å². The van der Waals surface area contributed by atoms with Crippen LogP contribution >= 0.6 is 0 Å². The number of allylic oxidation sites excluding steroid dienone is 1. The zero-order valence-electron chi connectivity index (χ0n) is 23.2. The maximum absolute atomic E-state index is 14.2. The summed E-state index contributed by atoms with van der Waals surface area (Å²) >= 11 is 0. The number of ether oxygens (including phenoxy) is 1. The first-order chi connectivity index (χ1) is 18.9. The fourth-order valence-electron chi connectivity index (χ4n) is 7.64. The van der Waals surface area contributed by atoms with Crippen molar-refractivity contribution in [2.75, 3.05) is 11.9 Å². The van der Waals surface area contributed by atoms with E-state index in [2.05, 4.69) is 23.6 Å². The van der Waals surface area contributed by atoms with E-state index in [1.165, 1.54) is 24.8 Å². The first kappa shape index (κ1) is 26.3. The van der Waals surface area contributed by atoms with Crippen molar-refractivity contribution >= 4 is 23.4 Å². The molecule has 7 atom stereocenters. The van der Waals surface area contributed by atoms with Crippen LogP contribution in [0.2, 0.25) is 0 Å². The van der Waals surface area contributed by atoms with E-state index < -0.39 is 29.6 Å². The van der Waals surface area contributed by atoms with E-state index in [9.17, 15) is 14.4 Å². The normalized spacial score (nSPS) is 35.1. The third kappa shape index (κ3) is 4.73. The number of carbonyl (C=O) groups excluding carboxylic acids is 3. The van der Waals surface area contributed by atoms with Gasteiger partial charge in [-0.15, -0.1) is 0 Å². The molecule has 5 aliphatic rings. The molecule has 6 rings (SSSR count). The van der Waals surface area contributed by atoms with Crippen molar-refractivity contribution in [3.63, 3.8) is 0 Å². The molecule has 2 bridgehead atoms.